The molecule has 0 fully saturated rings. The van der Waals surface area contributed by atoms with Gasteiger partial charge in [-0.25, -0.2) is 9.38 Å². The van der Waals surface area contributed by atoms with E-state index in [9.17, 15) is 4.39 Å². The summed E-state index contributed by atoms with van der Waals surface area (Å²) in [6, 6.07) is 4.31. The predicted molar refractivity (Wildman–Crippen MR) is 70.9 cm³/mol. The third kappa shape index (κ3) is 2.91. The summed E-state index contributed by atoms with van der Waals surface area (Å²) in [6.07, 6.45) is 3.60. The number of amidine groups is 1. The van der Waals surface area contributed by atoms with Gasteiger partial charge >= 0.3 is 0 Å². The topological polar surface area (TPSA) is 57.4 Å². The third-order valence-electron chi connectivity index (χ3n) is 2.60. The molecule has 0 spiro atoms. The lowest BCUT2D eigenvalue weighted by Crippen LogP contribution is -2.29. The van der Waals surface area contributed by atoms with Gasteiger partial charge in [0.1, 0.15) is 23.0 Å². The van der Waals surface area contributed by atoms with Crippen LogP contribution >= 0.6 is 0 Å². The van der Waals surface area contributed by atoms with Crippen LogP contribution in [0, 0.1) is 17.3 Å². The van der Waals surface area contributed by atoms with Crippen molar-refractivity contribution >= 4 is 11.5 Å². The van der Waals surface area contributed by atoms with E-state index in [1.807, 2.05) is 13.8 Å². The Balaban J connectivity index is 2.52. The summed E-state index contributed by atoms with van der Waals surface area (Å²) in [7, 11) is 0. The second-order valence-electron chi connectivity index (χ2n) is 4.81. The van der Waals surface area contributed by atoms with Crippen molar-refractivity contribution in [3.8, 4) is 11.9 Å². The van der Waals surface area contributed by atoms with Crippen molar-refractivity contribution in [3.05, 3.63) is 35.7 Å². The van der Waals surface area contributed by atoms with Crippen LogP contribution in [0.2, 0.25) is 0 Å². The van der Waals surface area contributed by atoms with E-state index in [0.717, 1.165) is 0 Å². The van der Waals surface area contributed by atoms with Crippen LogP contribution in [0.25, 0.3) is 5.70 Å². The van der Waals surface area contributed by atoms with E-state index in [2.05, 4.69) is 10.3 Å². The molecule has 1 aliphatic rings. The quantitative estimate of drug-likeness (QED) is 0.365. The molecule has 98 valence electrons. The Morgan fingerprint density at radius 3 is 2.89 bits per heavy atom. The van der Waals surface area contributed by atoms with E-state index in [1.54, 1.807) is 25.3 Å². The molecular formula is C14H14FN3O. The molecule has 19 heavy (non-hydrogen) atoms. The molecule has 0 amide bonds. The fourth-order valence-corrected chi connectivity index (χ4v) is 1.89. The minimum atomic E-state index is -0.531. The standard InChI is InChI=1S/C14H14FN3O/c1-9(17-8-16)18-12-7-14(2,3)19-13-5-4-10(15)6-11(12)13/h4-7H,1-3H3,(H,17,18). The van der Waals surface area contributed by atoms with Gasteiger partial charge in [-0.1, -0.05) is 0 Å². The summed E-state index contributed by atoms with van der Waals surface area (Å²) in [5, 5.41) is 11.0. The van der Waals surface area contributed by atoms with Gasteiger partial charge in [0, 0.05) is 5.56 Å². The zero-order valence-corrected chi connectivity index (χ0v) is 11.0. The highest BCUT2D eigenvalue weighted by atomic mass is 19.1. The molecule has 0 radical (unpaired) electrons. The summed E-state index contributed by atoms with van der Waals surface area (Å²) >= 11 is 0. The van der Waals surface area contributed by atoms with Crippen LogP contribution in [-0.4, -0.2) is 11.4 Å². The first kappa shape index (κ1) is 13.1. The molecule has 0 atom stereocenters. The molecule has 0 saturated heterocycles. The number of fused-ring (bicyclic) bond motifs is 1. The Hall–Kier alpha value is -2.35. The highest BCUT2D eigenvalue weighted by Gasteiger charge is 2.26. The first-order valence-electron chi connectivity index (χ1n) is 5.83. The van der Waals surface area contributed by atoms with E-state index in [-0.39, 0.29) is 5.82 Å². The first-order chi connectivity index (χ1) is 8.91. The second-order valence-corrected chi connectivity index (χ2v) is 4.81. The number of rotatable bonds is 1. The Bertz CT molecular complexity index is 612. The molecule has 1 heterocycles. The molecule has 5 heteroatoms. The Labute approximate surface area is 111 Å². The number of hydrogen-bond donors (Lipinski definition) is 1. The van der Waals surface area contributed by atoms with E-state index < -0.39 is 5.60 Å². The minimum absolute atomic E-state index is 0.353. The van der Waals surface area contributed by atoms with Crippen molar-refractivity contribution in [1.29, 1.82) is 5.26 Å². The Morgan fingerprint density at radius 2 is 2.21 bits per heavy atom. The van der Waals surface area contributed by atoms with Crippen LogP contribution in [-0.2, 0) is 0 Å². The molecule has 1 aliphatic heterocycles. The SMILES string of the molecule is CC(=NC1=CC(C)(C)Oc2ccc(F)cc21)NC#N. The zero-order chi connectivity index (χ0) is 14.0. The van der Waals surface area contributed by atoms with Gasteiger partial charge in [0.15, 0.2) is 6.19 Å². The van der Waals surface area contributed by atoms with E-state index in [1.165, 1.54) is 12.1 Å². The maximum atomic E-state index is 13.3. The van der Waals surface area contributed by atoms with Crippen molar-refractivity contribution in [3.63, 3.8) is 0 Å². The fourth-order valence-electron chi connectivity index (χ4n) is 1.89. The molecule has 1 N–H and O–H groups in total. The fraction of sp³-hybridized carbons (Fsp3) is 0.286. The van der Waals surface area contributed by atoms with Crippen molar-refractivity contribution < 1.29 is 9.13 Å². The van der Waals surface area contributed by atoms with E-state index in [0.29, 0.717) is 22.8 Å². The summed E-state index contributed by atoms with van der Waals surface area (Å²) in [5.41, 5.74) is 0.640. The lowest BCUT2D eigenvalue weighted by atomic mass is 9.99. The van der Waals surface area contributed by atoms with Crippen LogP contribution in [0.5, 0.6) is 5.75 Å². The number of ether oxygens (including phenoxy) is 1. The van der Waals surface area contributed by atoms with Crippen molar-refractivity contribution in [2.45, 2.75) is 26.4 Å². The van der Waals surface area contributed by atoms with Gasteiger partial charge in [0.05, 0.1) is 5.70 Å². The van der Waals surface area contributed by atoms with Gasteiger partial charge in [0.2, 0.25) is 0 Å². The molecule has 1 aromatic rings. The minimum Gasteiger partial charge on any atom is -0.483 e. The molecule has 0 aliphatic carbocycles. The molecule has 0 aromatic heterocycles. The number of benzene rings is 1. The highest BCUT2D eigenvalue weighted by Crippen LogP contribution is 2.36. The monoisotopic (exact) mass is 259 g/mol. The van der Waals surface area contributed by atoms with Gasteiger partial charge < -0.3 is 4.74 Å². The van der Waals surface area contributed by atoms with Crippen molar-refractivity contribution in [2.75, 3.05) is 0 Å². The molecule has 4 nitrogen and oxygen atoms in total. The predicted octanol–water partition coefficient (Wildman–Crippen LogP) is 2.83. The summed E-state index contributed by atoms with van der Waals surface area (Å²) in [6.45, 7) is 5.45. The molecule has 1 aromatic carbocycles. The number of halogens is 1. The molecule has 0 unspecified atom stereocenters. The molecule has 0 bridgehead atoms. The number of nitrogens with one attached hydrogen (secondary N) is 1. The Kier molecular flexibility index (Phi) is 3.26. The van der Waals surface area contributed by atoms with Gasteiger partial charge in [-0.05, 0) is 45.0 Å². The molecule has 2 rings (SSSR count). The van der Waals surface area contributed by atoms with Gasteiger partial charge in [-0.2, -0.15) is 5.26 Å². The second kappa shape index (κ2) is 4.73. The van der Waals surface area contributed by atoms with E-state index in [4.69, 9.17) is 10.00 Å². The number of nitriles is 1. The maximum Gasteiger partial charge on any atom is 0.182 e. The van der Waals surface area contributed by atoms with Crippen LogP contribution in [0.1, 0.15) is 26.3 Å². The van der Waals surface area contributed by atoms with Gasteiger partial charge in [-0.15, -0.1) is 0 Å². The van der Waals surface area contributed by atoms with E-state index >= 15 is 0 Å². The van der Waals surface area contributed by atoms with Crippen molar-refractivity contribution in [2.24, 2.45) is 4.99 Å². The van der Waals surface area contributed by atoms with Crippen LogP contribution in [0.3, 0.4) is 0 Å². The summed E-state index contributed by atoms with van der Waals surface area (Å²) < 4.78 is 19.1. The molecule has 0 saturated carbocycles. The summed E-state index contributed by atoms with van der Waals surface area (Å²) in [5.74, 6) is 0.674. The first-order valence-corrected chi connectivity index (χ1v) is 5.83. The Morgan fingerprint density at radius 1 is 1.47 bits per heavy atom. The van der Waals surface area contributed by atoms with Crippen molar-refractivity contribution in [1.82, 2.24) is 5.32 Å². The number of hydrogen-bond acceptors (Lipinski definition) is 3. The largest absolute Gasteiger partial charge is 0.483 e. The van der Waals surface area contributed by atoms with Gasteiger partial charge in [-0.3, -0.25) is 5.32 Å². The number of nitrogens with zero attached hydrogens (tertiary/aromatic N) is 2. The number of aliphatic imine (C=N–C) groups is 1. The molecular weight excluding hydrogens is 245 g/mol. The highest BCUT2D eigenvalue weighted by molar-refractivity contribution is 5.88. The van der Waals surface area contributed by atoms with Crippen LogP contribution in [0.15, 0.2) is 29.3 Å². The normalized spacial score (nSPS) is 16.8. The lowest BCUT2D eigenvalue weighted by molar-refractivity contribution is 0.157. The lowest BCUT2D eigenvalue weighted by Gasteiger charge is -2.29. The maximum absolute atomic E-state index is 13.3. The zero-order valence-electron chi connectivity index (χ0n) is 11.0. The van der Waals surface area contributed by atoms with Gasteiger partial charge in [0.25, 0.3) is 0 Å². The van der Waals surface area contributed by atoms with Crippen LogP contribution in [0.4, 0.5) is 4.39 Å². The smallest absolute Gasteiger partial charge is 0.182 e. The average molecular weight is 259 g/mol. The average Bonchev–Trinajstić information content (AvgIpc) is 2.29. The van der Waals surface area contributed by atoms with Crippen LogP contribution < -0.4 is 10.1 Å². The summed E-state index contributed by atoms with van der Waals surface area (Å²) in [4.78, 5) is 4.30. The third-order valence-corrected chi connectivity index (χ3v) is 2.60.